The highest BCUT2D eigenvalue weighted by Crippen LogP contribution is 2.28. The second kappa shape index (κ2) is 10.9. The van der Waals surface area contributed by atoms with Gasteiger partial charge in [-0.1, -0.05) is 6.42 Å². The van der Waals surface area contributed by atoms with Gasteiger partial charge in [-0.3, -0.25) is 9.52 Å². The Bertz CT molecular complexity index is 1270. The molecule has 2 aromatic carbocycles. The number of nitrogens with zero attached hydrogens (tertiary/aromatic N) is 2. The molecule has 0 spiro atoms. The van der Waals surface area contributed by atoms with Gasteiger partial charge in [0.1, 0.15) is 0 Å². The Hall–Kier alpha value is -2.08. The van der Waals surface area contributed by atoms with Gasteiger partial charge in [-0.15, -0.1) is 11.8 Å². The smallest absolute Gasteiger partial charge is 0.261 e. The molecule has 0 aromatic heterocycles. The number of rotatable bonds is 7. The Labute approximate surface area is 212 Å². The number of carbonyl (C=O) groups is 1. The molecule has 2 heterocycles. The average Bonchev–Trinajstić information content (AvgIpc) is 2.89. The van der Waals surface area contributed by atoms with Gasteiger partial charge in [0, 0.05) is 36.8 Å². The van der Waals surface area contributed by atoms with E-state index in [1.807, 2.05) is 6.26 Å². The maximum atomic E-state index is 13.1. The number of nitrogens with one attached hydrogen (secondary N) is 1. The molecule has 0 bridgehead atoms. The number of piperidine rings is 2. The number of hydrogen-bond donors (Lipinski definition) is 1. The Morgan fingerprint density at radius 3 is 1.97 bits per heavy atom. The van der Waals surface area contributed by atoms with Crippen LogP contribution in [-0.4, -0.2) is 64.4 Å². The first-order chi connectivity index (χ1) is 16.7. The van der Waals surface area contributed by atoms with Gasteiger partial charge in [-0.05, 0) is 80.8 Å². The van der Waals surface area contributed by atoms with Gasteiger partial charge in [0.05, 0.1) is 15.4 Å². The van der Waals surface area contributed by atoms with E-state index >= 15 is 0 Å². The van der Waals surface area contributed by atoms with E-state index in [0.29, 0.717) is 31.7 Å². The van der Waals surface area contributed by atoms with E-state index in [1.54, 1.807) is 11.0 Å². The van der Waals surface area contributed by atoms with Crippen LogP contribution in [0.15, 0.2) is 57.2 Å². The topological polar surface area (TPSA) is 104 Å². The van der Waals surface area contributed by atoms with Crippen molar-refractivity contribution < 1.29 is 21.6 Å². The van der Waals surface area contributed by atoms with Crippen molar-refractivity contribution in [2.45, 2.75) is 53.2 Å². The van der Waals surface area contributed by atoms with Gasteiger partial charge < -0.3 is 4.90 Å². The number of thioether (sulfide) groups is 1. The molecule has 35 heavy (non-hydrogen) atoms. The molecule has 1 amide bonds. The summed E-state index contributed by atoms with van der Waals surface area (Å²) >= 11 is 1.40. The molecule has 2 aliphatic rings. The first-order valence-electron chi connectivity index (χ1n) is 11.8. The first-order valence-corrected chi connectivity index (χ1v) is 16.0. The van der Waals surface area contributed by atoms with Crippen LogP contribution in [0.1, 0.15) is 48.9 Å². The highest BCUT2D eigenvalue weighted by molar-refractivity contribution is 7.98. The lowest BCUT2D eigenvalue weighted by Gasteiger charge is -2.27. The zero-order valence-electron chi connectivity index (χ0n) is 19.8. The lowest BCUT2D eigenvalue weighted by Crippen LogP contribution is -2.36. The standard InChI is InChI=1S/C24H31N3O5S3/c1-33-23-13-12-21(18-22(23)24(28)26-14-4-2-5-15-26)34(29,30)25-19-8-10-20(11-9-19)35(31,32)27-16-6-3-7-17-27/h8-13,18,25H,2-7,14-17H2,1H3. The number of hydrogen-bond acceptors (Lipinski definition) is 6. The zero-order chi connectivity index (χ0) is 25.1. The molecule has 2 saturated heterocycles. The van der Waals surface area contributed by atoms with Crippen LogP contribution in [0.2, 0.25) is 0 Å². The zero-order valence-corrected chi connectivity index (χ0v) is 22.2. The van der Waals surface area contributed by atoms with Crippen LogP contribution in [-0.2, 0) is 20.0 Å². The maximum absolute atomic E-state index is 13.1. The molecule has 8 nitrogen and oxygen atoms in total. The fourth-order valence-corrected chi connectivity index (χ4v) is 7.62. The van der Waals surface area contributed by atoms with Gasteiger partial charge in [0.25, 0.3) is 15.9 Å². The number of sulfonamides is 2. The van der Waals surface area contributed by atoms with Crippen molar-refractivity contribution >= 4 is 43.4 Å². The fraction of sp³-hybridized carbons (Fsp3) is 0.458. The summed E-state index contributed by atoms with van der Waals surface area (Å²) in [7, 11) is -7.58. The second-order valence-electron chi connectivity index (χ2n) is 8.81. The van der Waals surface area contributed by atoms with Crippen LogP contribution < -0.4 is 4.72 Å². The molecule has 0 unspecified atom stereocenters. The van der Waals surface area contributed by atoms with Crippen LogP contribution in [0, 0.1) is 0 Å². The van der Waals surface area contributed by atoms with E-state index in [-0.39, 0.29) is 21.4 Å². The van der Waals surface area contributed by atoms with Crippen molar-refractivity contribution in [2.24, 2.45) is 0 Å². The van der Waals surface area contributed by atoms with Crippen molar-refractivity contribution in [3.05, 3.63) is 48.0 Å². The number of amides is 1. The summed E-state index contributed by atoms with van der Waals surface area (Å²) in [6.45, 7) is 2.35. The van der Waals surface area contributed by atoms with Crippen LogP contribution >= 0.6 is 11.8 Å². The highest BCUT2D eigenvalue weighted by atomic mass is 32.2. The average molecular weight is 538 g/mol. The highest BCUT2D eigenvalue weighted by Gasteiger charge is 2.27. The van der Waals surface area contributed by atoms with Gasteiger partial charge in [-0.25, -0.2) is 16.8 Å². The predicted molar refractivity (Wildman–Crippen MR) is 138 cm³/mol. The van der Waals surface area contributed by atoms with Gasteiger partial charge in [-0.2, -0.15) is 4.31 Å². The Balaban J connectivity index is 1.54. The summed E-state index contributed by atoms with van der Waals surface area (Å²) in [5, 5.41) is 0. The predicted octanol–water partition coefficient (Wildman–Crippen LogP) is 4.01. The summed E-state index contributed by atoms with van der Waals surface area (Å²) in [4.78, 5) is 15.8. The summed E-state index contributed by atoms with van der Waals surface area (Å²) < 4.78 is 55.9. The number of likely N-dealkylation sites (tertiary alicyclic amines) is 1. The van der Waals surface area contributed by atoms with E-state index < -0.39 is 20.0 Å². The largest absolute Gasteiger partial charge is 0.339 e. The normalized spacial score (nSPS) is 17.8. The molecule has 1 N–H and O–H groups in total. The number of benzene rings is 2. The SMILES string of the molecule is CSc1ccc(S(=O)(=O)Nc2ccc(S(=O)(=O)N3CCCCC3)cc2)cc1C(=O)N1CCCCC1. The molecule has 0 radical (unpaired) electrons. The molecule has 2 aliphatic heterocycles. The lowest BCUT2D eigenvalue weighted by atomic mass is 10.1. The molecular formula is C24H31N3O5S3. The van der Waals surface area contributed by atoms with Crippen LogP contribution in [0.25, 0.3) is 0 Å². The van der Waals surface area contributed by atoms with E-state index in [0.717, 1.165) is 43.4 Å². The third-order valence-corrected chi connectivity index (χ3v) is 10.5. The first kappa shape index (κ1) is 26.0. The molecule has 4 rings (SSSR count). The molecule has 2 fully saturated rings. The minimum absolute atomic E-state index is 0.0133. The van der Waals surface area contributed by atoms with Gasteiger partial charge in [0.2, 0.25) is 10.0 Å². The van der Waals surface area contributed by atoms with E-state index in [2.05, 4.69) is 4.72 Å². The van der Waals surface area contributed by atoms with E-state index in [1.165, 1.54) is 52.5 Å². The lowest BCUT2D eigenvalue weighted by molar-refractivity contribution is 0.0720. The quantitative estimate of drug-likeness (QED) is 0.535. The summed E-state index contributed by atoms with van der Waals surface area (Å²) in [6, 6.07) is 10.3. The third kappa shape index (κ3) is 5.84. The van der Waals surface area contributed by atoms with Crippen molar-refractivity contribution in [2.75, 3.05) is 37.2 Å². The van der Waals surface area contributed by atoms with Crippen molar-refractivity contribution in [3.8, 4) is 0 Å². The Kier molecular flexibility index (Phi) is 8.09. The molecule has 2 aromatic rings. The minimum atomic E-state index is -3.98. The van der Waals surface area contributed by atoms with Gasteiger partial charge in [0.15, 0.2) is 0 Å². The fourth-order valence-electron chi connectivity index (χ4n) is 4.45. The summed E-state index contributed by atoms with van der Waals surface area (Å²) in [5.74, 6) is -0.154. The van der Waals surface area contributed by atoms with Crippen LogP contribution in [0.3, 0.4) is 0 Å². The van der Waals surface area contributed by atoms with Gasteiger partial charge >= 0.3 is 0 Å². The molecule has 190 valence electrons. The monoisotopic (exact) mass is 537 g/mol. The minimum Gasteiger partial charge on any atom is -0.339 e. The van der Waals surface area contributed by atoms with Crippen molar-refractivity contribution in [1.29, 1.82) is 0 Å². The Morgan fingerprint density at radius 2 is 1.37 bits per heavy atom. The molecular weight excluding hydrogens is 506 g/mol. The van der Waals surface area contributed by atoms with Crippen LogP contribution in [0.5, 0.6) is 0 Å². The van der Waals surface area contributed by atoms with E-state index in [4.69, 9.17) is 0 Å². The maximum Gasteiger partial charge on any atom is 0.261 e. The Morgan fingerprint density at radius 1 is 0.800 bits per heavy atom. The number of carbonyl (C=O) groups excluding carboxylic acids is 1. The van der Waals surface area contributed by atoms with Crippen molar-refractivity contribution in [1.82, 2.24) is 9.21 Å². The van der Waals surface area contributed by atoms with Crippen molar-refractivity contribution in [3.63, 3.8) is 0 Å². The van der Waals surface area contributed by atoms with Crippen LogP contribution in [0.4, 0.5) is 5.69 Å². The third-order valence-electron chi connectivity index (χ3n) is 6.41. The molecule has 11 heteroatoms. The molecule has 0 aliphatic carbocycles. The number of anilines is 1. The summed E-state index contributed by atoms with van der Waals surface area (Å²) in [5.41, 5.74) is 0.630. The molecule has 0 saturated carbocycles. The second-order valence-corrected chi connectivity index (χ2v) is 13.3. The van der Waals surface area contributed by atoms with E-state index in [9.17, 15) is 21.6 Å². The molecule has 0 atom stereocenters. The summed E-state index contributed by atoms with van der Waals surface area (Å²) in [6.07, 6.45) is 7.55.